The Morgan fingerprint density at radius 1 is 1.33 bits per heavy atom. The molecule has 1 amide bonds. The van der Waals surface area contributed by atoms with E-state index in [4.69, 9.17) is 9.84 Å². The predicted octanol–water partition coefficient (Wildman–Crippen LogP) is 3.25. The van der Waals surface area contributed by atoms with Crippen LogP contribution in [0.15, 0.2) is 41.1 Å². The SMILES string of the molecule is O=C(NC[C@H](OCCO)c1ccsc1)c1cccc(C(F)(F)F)c1. The van der Waals surface area contributed by atoms with Crippen molar-refractivity contribution in [3.63, 3.8) is 0 Å². The first-order valence-electron chi connectivity index (χ1n) is 7.12. The maximum Gasteiger partial charge on any atom is 0.416 e. The van der Waals surface area contributed by atoms with Crippen molar-refractivity contribution >= 4 is 17.2 Å². The third-order valence-corrected chi connectivity index (χ3v) is 3.93. The summed E-state index contributed by atoms with van der Waals surface area (Å²) in [5.41, 5.74) is -0.116. The Morgan fingerprint density at radius 3 is 2.75 bits per heavy atom. The number of aliphatic hydroxyl groups is 1. The molecule has 0 aliphatic heterocycles. The molecule has 130 valence electrons. The number of benzene rings is 1. The Morgan fingerprint density at radius 2 is 2.12 bits per heavy atom. The molecular formula is C16H16F3NO3S. The molecule has 4 nitrogen and oxygen atoms in total. The quantitative estimate of drug-likeness (QED) is 0.798. The van der Waals surface area contributed by atoms with E-state index in [-0.39, 0.29) is 25.3 Å². The number of carbonyl (C=O) groups is 1. The van der Waals surface area contributed by atoms with E-state index < -0.39 is 23.8 Å². The van der Waals surface area contributed by atoms with Gasteiger partial charge in [0.2, 0.25) is 0 Å². The summed E-state index contributed by atoms with van der Waals surface area (Å²) in [4.78, 5) is 12.1. The monoisotopic (exact) mass is 359 g/mol. The lowest BCUT2D eigenvalue weighted by Gasteiger charge is -2.17. The van der Waals surface area contributed by atoms with Gasteiger partial charge in [0.15, 0.2) is 0 Å². The van der Waals surface area contributed by atoms with Crippen molar-refractivity contribution in [3.05, 3.63) is 57.8 Å². The van der Waals surface area contributed by atoms with Crippen molar-refractivity contribution in [1.29, 1.82) is 0 Å². The molecule has 0 aliphatic rings. The third kappa shape index (κ3) is 5.05. The molecule has 24 heavy (non-hydrogen) atoms. The second-order valence-electron chi connectivity index (χ2n) is 4.93. The van der Waals surface area contributed by atoms with Gasteiger partial charge in [-0.25, -0.2) is 0 Å². The van der Waals surface area contributed by atoms with Gasteiger partial charge in [0.05, 0.1) is 18.8 Å². The van der Waals surface area contributed by atoms with Gasteiger partial charge in [-0.15, -0.1) is 0 Å². The van der Waals surface area contributed by atoms with E-state index in [0.717, 1.165) is 17.7 Å². The first kappa shape index (κ1) is 18.4. The number of hydrogen-bond donors (Lipinski definition) is 2. The van der Waals surface area contributed by atoms with Crippen molar-refractivity contribution in [2.45, 2.75) is 12.3 Å². The van der Waals surface area contributed by atoms with E-state index in [0.29, 0.717) is 0 Å². The van der Waals surface area contributed by atoms with Crippen LogP contribution in [0.1, 0.15) is 27.6 Å². The number of nitrogens with one attached hydrogen (secondary N) is 1. The van der Waals surface area contributed by atoms with E-state index in [2.05, 4.69) is 5.32 Å². The molecule has 8 heteroatoms. The lowest BCUT2D eigenvalue weighted by Crippen LogP contribution is -2.30. The highest BCUT2D eigenvalue weighted by Crippen LogP contribution is 2.29. The van der Waals surface area contributed by atoms with Gasteiger partial charge in [-0.2, -0.15) is 24.5 Å². The summed E-state index contributed by atoms with van der Waals surface area (Å²) >= 11 is 1.46. The number of aliphatic hydroxyl groups excluding tert-OH is 1. The Labute approximate surface area is 140 Å². The van der Waals surface area contributed by atoms with Gasteiger partial charge in [0.1, 0.15) is 6.10 Å². The molecule has 2 N–H and O–H groups in total. The average Bonchev–Trinajstić information content (AvgIpc) is 3.08. The molecule has 1 aromatic heterocycles. The minimum absolute atomic E-state index is 0.0731. The molecule has 2 rings (SSSR count). The van der Waals surface area contributed by atoms with E-state index in [1.165, 1.54) is 23.5 Å². The van der Waals surface area contributed by atoms with Crippen LogP contribution in [-0.2, 0) is 10.9 Å². The number of rotatable bonds is 7. The Hall–Kier alpha value is -1.90. The third-order valence-electron chi connectivity index (χ3n) is 3.23. The molecule has 0 fully saturated rings. The van der Waals surface area contributed by atoms with Gasteiger partial charge in [-0.1, -0.05) is 6.07 Å². The first-order chi connectivity index (χ1) is 11.4. The number of halogens is 3. The van der Waals surface area contributed by atoms with E-state index >= 15 is 0 Å². The van der Waals surface area contributed by atoms with E-state index in [1.807, 2.05) is 16.8 Å². The molecule has 0 saturated heterocycles. The zero-order valence-electron chi connectivity index (χ0n) is 12.5. The topological polar surface area (TPSA) is 58.6 Å². The Bertz CT molecular complexity index is 659. The summed E-state index contributed by atoms with van der Waals surface area (Å²) in [5.74, 6) is -0.617. The highest BCUT2D eigenvalue weighted by molar-refractivity contribution is 7.07. The van der Waals surface area contributed by atoms with Crippen LogP contribution in [-0.4, -0.2) is 30.8 Å². The highest BCUT2D eigenvalue weighted by Gasteiger charge is 2.30. The molecule has 0 aliphatic carbocycles. The van der Waals surface area contributed by atoms with Crippen LogP contribution in [0.5, 0.6) is 0 Å². The average molecular weight is 359 g/mol. The molecule has 0 unspecified atom stereocenters. The molecule has 1 atom stereocenters. The summed E-state index contributed by atoms with van der Waals surface area (Å²) in [6.45, 7) is 0.0218. The Balaban J connectivity index is 2.03. The van der Waals surface area contributed by atoms with Crippen LogP contribution in [0.4, 0.5) is 13.2 Å². The van der Waals surface area contributed by atoms with Crippen LogP contribution in [0.2, 0.25) is 0 Å². The fourth-order valence-corrected chi connectivity index (χ4v) is 2.75. The van der Waals surface area contributed by atoms with Crippen LogP contribution in [0, 0.1) is 0 Å². The molecule has 0 spiro atoms. The maximum atomic E-state index is 12.7. The predicted molar refractivity (Wildman–Crippen MR) is 83.9 cm³/mol. The van der Waals surface area contributed by atoms with Gasteiger partial charge in [-0.05, 0) is 40.6 Å². The van der Waals surface area contributed by atoms with Crippen molar-refractivity contribution in [2.24, 2.45) is 0 Å². The number of thiophene rings is 1. The molecule has 1 aromatic carbocycles. The largest absolute Gasteiger partial charge is 0.416 e. The van der Waals surface area contributed by atoms with Crippen molar-refractivity contribution < 1.29 is 27.8 Å². The summed E-state index contributed by atoms with van der Waals surface area (Å²) in [6, 6.07) is 6.05. The fraction of sp³-hybridized carbons (Fsp3) is 0.312. The van der Waals surface area contributed by atoms with Crippen LogP contribution >= 0.6 is 11.3 Å². The van der Waals surface area contributed by atoms with E-state index in [9.17, 15) is 18.0 Å². The molecule has 0 bridgehead atoms. The van der Waals surface area contributed by atoms with Crippen molar-refractivity contribution in [1.82, 2.24) is 5.32 Å². The van der Waals surface area contributed by atoms with Crippen LogP contribution in [0.25, 0.3) is 0 Å². The smallest absolute Gasteiger partial charge is 0.394 e. The number of carbonyl (C=O) groups excluding carboxylic acids is 1. The molecular weight excluding hydrogens is 343 g/mol. The minimum atomic E-state index is -4.50. The van der Waals surface area contributed by atoms with Gasteiger partial charge >= 0.3 is 6.18 Å². The van der Waals surface area contributed by atoms with Gasteiger partial charge in [0.25, 0.3) is 5.91 Å². The molecule has 0 saturated carbocycles. The van der Waals surface area contributed by atoms with Gasteiger partial charge in [0, 0.05) is 12.1 Å². The lowest BCUT2D eigenvalue weighted by molar-refractivity contribution is -0.137. The molecule has 1 heterocycles. The van der Waals surface area contributed by atoms with Crippen LogP contribution < -0.4 is 5.32 Å². The zero-order chi connectivity index (χ0) is 17.6. The summed E-state index contributed by atoms with van der Waals surface area (Å²) in [6.07, 6.45) is -4.97. The van der Waals surface area contributed by atoms with E-state index in [1.54, 1.807) is 0 Å². The highest BCUT2D eigenvalue weighted by atomic mass is 32.1. The first-order valence-corrected chi connectivity index (χ1v) is 8.06. The maximum absolute atomic E-state index is 12.7. The van der Waals surface area contributed by atoms with Gasteiger partial charge < -0.3 is 15.2 Å². The second-order valence-corrected chi connectivity index (χ2v) is 5.71. The number of ether oxygens (including phenoxy) is 1. The number of alkyl halides is 3. The number of hydrogen-bond acceptors (Lipinski definition) is 4. The van der Waals surface area contributed by atoms with Crippen molar-refractivity contribution in [3.8, 4) is 0 Å². The summed E-state index contributed by atoms with van der Waals surface area (Å²) in [7, 11) is 0. The lowest BCUT2D eigenvalue weighted by atomic mass is 10.1. The fourth-order valence-electron chi connectivity index (χ4n) is 2.05. The molecule has 0 radical (unpaired) electrons. The standard InChI is InChI=1S/C16H16F3NO3S/c17-16(18,19)13-3-1-2-11(8-13)15(22)20-9-14(23-6-5-21)12-4-7-24-10-12/h1-4,7-8,10,14,21H,5-6,9H2,(H,20,22)/t14-/m0/s1. The van der Waals surface area contributed by atoms with Gasteiger partial charge in [-0.3, -0.25) is 4.79 Å². The minimum Gasteiger partial charge on any atom is -0.394 e. The Kier molecular flexibility index (Phi) is 6.36. The van der Waals surface area contributed by atoms with Crippen molar-refractivity contribution in [2.75, 3.05) is 19.8 Å². The normalized spacial score (nSPS) is 12.8. The summed E-state index contributed by atoms with van der Waals surface area (Å²) in [5, 5.41) is 15.1. The molecule has 2 aromatic rings. The number of amides is 1. The second kappa shape index (κ2) is 8.27. The zero-order valence-corrected chi connectivity index (χ0v) is 13.4. The van der Waals surface area contributed by atoms with Crippen LogP contribution in [0.3, 0.4) is 0 Å². The summed E-state index contributed by atoms with van der Waals surface area (Å²) < 4.78 is 43.6.